The first-order chi connectivity index (χ1) is 19.0. The van der Waals surface area contributed by atoms with Gasteiger partial charge < -0.3 is 20.1 Å². The van der Waals surface area contributed by atoms with Gasteiger partial charge in [-0.25, -0.2) is 0 Å². The molecule has 1 aliphatic rings. The normalized spacial score (nSPS) is 18.7. The molecule has 4 aromatic carbocycles. The Morgan fingerprint density at radius 1 is 0.538 bits per heavy atom. The van der Waals surface area contributed by atoms with Gasteiger partial charge in [-0.2, -0.15) is 0 Å². The summed E-state index contributed by atoms with van der Waals surface area (Å²) < 4.78 is 13.6. The van der Waals surface area contributed by atoms with Crippen molar-refractivity contribution in [3.8, 4) is 0 Å². The van der Waals surface area contributed by atoms with Crippen molar-refractivity contribution in [3.63, 3.8) is 0 Å². The Labute approximate surface area is 229 Å². The van der Waals surface area contributed by atoms with Gasteiger partial charge in [-0.1, -0.05) is 121 Å². The quantitative estimate of drug-likeness (QED) is 0.292. The number of ether oxygens (including phenoxy) is 2. The second kappa shape index (κ2) is 10.8. The van der Waals surface area contributed by atoms with E-state index in [9.17, 15) is 9.59 Å². The van der Waals surface area contributed by atoms with Crippen molar-refractivity contribution in [2.24, 2.45) is 0 Å². The molecular weight excluding hydrogens is 488 g/mol. The zero-order chi connectivity index (χ0) is 27.3. The highest BCUT2D eigenvalue weighted by molar-refractivity contribution is 5.58. The zero-order valence-corrected chi connectivity index (χ0v) is 22.0. The van der Waals surface area contributed by atoms with Crippen LogP contribution in [-0.2, 0) is 30.1 Å². The average molecular weight is 521 g/mol. The largest absolute Gasteiger partial charge is 0.342 e. The molecule has 0 saturated carbocycles. The fourth-order valence-corrected chi connectivity index (χ4v) is 5.87. The minimum atomic E-state index is -1.16. The van der Waals surface area contributed by atoms with Crippen LogP contribution in [0, 0.1) is 0 Å². The molecule has 1 heterocycles. The van der Waals surface area contributed by atoms with Crippen molar-refractivity contribution in [3.05, 3.63) is 144 Å². The Bertz CT molecular complexity index is 1190. The lowest BCUT2D eigenvalue weighted by Gasteiger charge is -2.47. The number of amides is 2. The summed E-state index contributed by atoms with van der Waals surface area (Å²) in [4.78, 5) is 24.9. The van der Waals surface area contributed by atoms with Crippen LogP contribution in [0.2, 0.25) is 0 Å². The minimum absolute atomic E-state index is 0.700. The van der Waals surface area contributed by atoms with E-state index in [0.29, 0.717) is 12.8 Å². The Balaban J connectivity index is 1.85. The molecule has 1 aliphatic heterocycles. The zero-order valence-electron chi connectivity index (χ0n) is 22.0. The van der Waals surface area contributed by atoms with Gasteiger partial charge in [-0.05, 0) is 36.1 Å². The van der Waals surface area contributed by atoms with Crippen molar-refractivity contribution >= 4 is 12.8 Å². The Morgan fingerprint density at radius 2 is 0.795 bits per heavy atom. The number of benzene rings is 4. The van der Waals surface area contributed by atoms with Gasteiger partial charge in [-0.15, -0.1) is 0 Å². The molecule has 0 radical (unpaired) electrons. The monoisotopic (exact) mass is 520 g/mol. The van der Waals surface area contributed by atoms with Crippen LogP contribution >= 0.6 is 0 Å². The lowest BCUT2D eigenvalue weighted by atomic mass is 9.68. The number of carbonyl (C=O) groups excluding carboxylic acids is 2. The number of hydrogen-bond donors (Lipinski definition) is 2. The molecule has 2 amide bonds. The summed E-state index contributed by atoms with van der Waals surface area (Å²) in [6.07, 6.45) is -0.164. The molecule has 2 N–H and O–H groups in total. The van der Waals surface area contributed by atoms with Crippen LogP contribution < -0.4 is 10.6 Å². The Kier molecular flexibility index (Phi) is 7.33. The molecule has 2 atom stereocenters. The van der Waals surface area contributed by atoms with Gasteiger partial charge >= 0.3 is 0 Å². The maximum Gasteiger partial charge on any atom is 0.208 e. The smallest absolute Gasteiger partial charge is 0.208 e. The van der Waals surface area contributed by atoms with E-state index in [4.69, 9.17) is 9.47 Å². The summed E-state index contributed by atoms with van der Waals surface area (Å²) in [5, 5.41) is 6.31. The molecule has 0 bridgehead atoms. The second-order valence-corrected chi connectivity index (χ2v) is 10.1. The van der Waals surface area contributed by atoms with Gasteiger partial charge in [0.1, 0.15) is 23.3 Å². The Morgan fingerprint density at radius 3 is 1.03 bits per heavy atom. The predicted octanol–water partition coefficient (Wildman–Crippen LogP) is 4.89. The van der Waals surface area contributed by atoms with Crippen molar-refractivity contribution in [2.75, 3.05) is 0 Å². The van der Waals surface area contributed by atoms with Gasteiger partial charge in [0, 0.05) is 0 Å². The van der Waals surface area contributed by atoms with Gasteiger partial charge in [0.05, 0.1) is 0 Å². The molecule has 1 fully saturated rings. The fourth-order valence-electron chi connectivity index (χ4n) is 5.87. The van der Waals surface area contributed by atoms with Crippen LogP contribution in [0.5, 0.6) is 0 Å². The standard InChI is InChI=1S/C33H32N2O4/c1-31(2)38-29(32(34-23-36,25-15-7-3-8-16-25)26-17-9-4-10-18-26)30(39-31)33(35-24-37,27-19-11-5-12-20-27)28-21-13-6-14-22-28/h3-24,29-30H,1-2H3,(H,34,36)(H,35,37)/t29-,30-/m0/s1. The maximum atomic E-state index is 12.4. The highest BCUT2D eigenvalue weighted by Gasteiger charge is 2.62. The predicted molar refractivity (Wildman–Crippen MR) is 150 cm³/mol. The fraction of sp³-hybridized carbons (Fsp3) is 0.212. The summed E-state index contributed by atoms with van der Waals surface area (Å²) in [6.45, 7) is 3.70. The Hall–Kier alpha value is -4.26. The maximum absolute atomic E-state index is 12.4. The van der Waals surface area contributed by atoms with E-state index in [2.05, 4.69) is 10.6 Å². The molecule has 39 heavy (non-hydrogen) atoms. The average Bonchev–Trinajstić information content (AvgIpc) is 3.32. The van der Waals surface area contributed by atoms with E-state index in [1.165, 1.54) is 0 Å². The summed E-state index contributed by atoms with van der Waals surface area (Å²) in [7, 11) is 0. The van der Waals surface area contributed by atoms with Crippen LogP contribution in [-0.4, -0.2) is 30.8 Å². The lowest BCUT2D eigenvalue weighted by molar-refractivity contribution is -0.157. The third-order valence-corrected chi connectivity index (χ3v) is 7.44. The first kappa shape index (κ1) is 26.4. The van der Waals surface area contributed by atoms with Gasteiger partial charge in [0.15, 0.2) is 5.79 Å². The number of nitrogens with one attached hydrogen (secondary N) is 2. The number of hydrogen-bond acceptors (Lipinski definition) is 4. The highest BCUT2D eigenvalue weighted by Crippen LogP contribution is 2.50. The van der Waals surface area contributed by atoms with Gasteiger partial charge in [0.2, 0.25) is 12.8 Å². The molecule has 6 heteroatoms. The van der Waals surface area contributed by atoms with Crippen molar-refractivity contribution in [1.29, 1.82) is 0 Å². The third kappa shape index (κ3) is 4.62. The first-order valence-electron chi connectivity index (χ1n) is 13.0. The van der Waals surface area contributed by atoms with Crippen molar-refractivity contribution in [2.45, 2.75) is 42.9 Å². The second-order valence-electron chi connectivity index (χ2n) is 10.1. The van der Waals surface area contributed by atoms with E-state index in [-0.39, 0.29) is 0 Å². The molecular formula is C33H32N2O4. The molecule has 0 aliphatic carbocycles. The van der Waals surface area contributed by atoms with E-state index in [0.717, 1.165) is 22.3 Å². The third-order valence-electron chi connectivity index (χ3n) is 7.44. The van der Waals surface area contributed by atoms with E-state index in [1.807, 2.05) is 135 Å². The summed E-state index contributed by atoms with van der Waals surface area (Å²) in [5.74, 6) is -1.05. The van der Waals surface area contributed by atoms with Crippen LogP contribution in [0.25, 0.3) is 0 Å². The van der Waals surface area contributed by atoms with Crippen LogP contribution in [0.3, 0.4) is 0 Å². The van der Waals surface area contributed by atoms with Crippen molar-refractivity contribution in [1.82, 2.24) is 10.6 Å². The molecule has 6 nitrogen and oxygen atoms in total. The molecule has 1 saturated heterocycles. The van der Waals surface area contributed by atoms with Crippen LogP contribution in [0.1, 0.15) is 36.1 Å². The molecule has 0 unspecified atom stereocenters. The SMILES string of the molecule is CC1(C)O[C@H](C(NC=O)(c2ccccc2)c2ccccc2)[C@@H](C(NC=O)(c2ccccc2)c2ccccc2)O1. The molecule has 0 spiro atoms. The van der Waals surface area contributed by atoms with Gasteiger partial charge in [-0.3, -0.25) is 9.59 Å². The van der Waals surface area contributed by atoms with Gasteiger partial charge in [0.25, 0.3) is 0 Å². The molecule has 198 valence electrons. The van der Waals surface area contributed by atoms with E-state index < -0.39 is 29.1 Å². The lowest BCUT2D eigenvalue weighted by Crippen LogP contribution is -2.63. The molecule has 4 aromatic rings. The summed E-state index contributed by atoms with van der Waals surface area (Å²) in [6, 6.07) is 38.9. The van der Waals surface area contributed by atoms with Crippen LogP contribution in [0.4, 0.5) is 0 Å². The summed E-state index contributed by atoms with van der Waals surface area (Å²) in [5.41, 5.74) is 0.951. The van der Waals surface area contributed by atoms with Crippen LogP contribution in [0.15, 0.2) is 121 Å². The molecule has 0 aromatic heterocycles. The highest BCUT2D eigenvalue weighted by atomic mass is 16.8. The van der Waals surface area contributed by atoms with E-state index >= 15 is 0 Å². The molecule has 5 rings (SSSR count). The first-order valence-corrected chi connectivity index (χ1v) is 13.0. The topological polar surface area (TPSA) is 76.7 Å². The number of carbonyl (C=O) groups is 2. The van der Waals surface area contributed by atoms with E-state index in [1.54, 1.807) is 0 Å². The number of rotatable bonds is 10. The minimum Gasteiger partial charge on any atom is -0.342 e. The van der Waals surface area contributed by atoms with Crippen molar-refractivity contribution < 1.29 is 19.1 Å². The summed E-state index contributed by atoms with van der Waals surface area (Å²) >= 11 is 0.